The Balaban J connectivity index is 1.66. The zero-order valence-corrected chi connectivity index (χ0v) is 14.0. The highest BCUT2D eigenvalue weighted by atomic mass is 16.5. The molecule has 1 aliphatic carbocycles. The summed E-state index contributed by atoms with van der Waals surface area (Å²) in [6.45, 7) is 9.35. The van der Waals surface area contributed by atoms with Crippen molar-refractivity contribution in [1.29, 1.82) is 0 Å². The molecule has 1 N–H and O–H groups in total. The maximum absolute atomic E-state index is 5.86. The normalized spacial score (nSPS) is 16.5. The third-order valence-corrected chi connectivity index (χ3v) is 4.19. The largest absolute Gasteiger partial charge is 0.376 e. The van der Waals surface area contributed by atoms with Crippen LogP contribution in [-0.2, 0) is 17.8 Å². The summed E-state index contributed by atoms with van der Waals surface area (Å²) >= 11 is 0. The molecule has 0 amide bonds. The Hall–Kier alpha value is -0.860. The fourth-order valence-corrected chi connectivity index (χ4v) is 2.90. The molecule has 0 atom stereocenters. The van der Waals surface area contributed by atoms with Gasteiger partial charge in [-0.3, -0.25) is 0 Å². The van der Waals surface area contributed by atoms with Crippen molar-refractivity contribution in [3.8, 4) is 0 Å². The molecule has 2 nitrogen and oxygen atoms in total. The second-order valence-electron chi connectivity index (χ2n) is 7.41. The van der Waals surface area contributed by atoms with E-state index in [0.717, 1.165) is 32.1 Å². The second-order valence-corrected chi connectivity index (χ2v) is 7.41. The SMILES string of the molecule is CC(C)(C)NCCc1ccc(COCC2CCCC2)cc1. The van der Waals surface area contributed by atoms with Crippen LogP contribution in [0.5, 0.6) is 0 Å². The summed E-state index contributed by atoms with van der Waals surface area (Å²) in [6.07, 6.45) is 6.59. The van der Waals surface area contributed by atoms with Crippen LogP contribution in [0.4, 0.5) is 0 Å². The number of hydrogen-bond acceptors (Lipinski definition) is 2. The summed E-state index contributed by atoms with van der Waals surface area (Å²) in [6, 6.07) is 8.89. The molecule has 2 rings (SSSR count). The predicted octanol–water partition coefficient (Wildman–Crippen LogP) is 4.32. The molecule has 0 radical (unpaired) electrons. The molecule has 1 aliphatic rings. The third-order valence-electron chi connectivity index (χ3n) is 4.19. The van der Waals surface area contributed by atoms with Gasteiger partial charge in [0.15, 0.2) is 0 Å². The Morgan fingerprint density at radius 2 is 1.67 bits per heavy atom. The van der Waals surface area contributed by atoms with E-state index in [9.17, 15) is 0 Å². The van der Waals surface area contributed by atoms with E-state index in [-0.39, 0.29) is 5.54 Å². The van der Waals surface area contributed by atoms with Gasteiger partial charge in [0.2, 0.25) is 0 Å². The molecular weight excluding hydrogens is 258 g/mol. The van der Waals surface area contributed by atoms with Crippen molar-refractivity contribution >= 4 is 0 Å². The topological polar surface area (TPSA) is 21.3 Å². The summed E-state index contributed by atoms with van der Waals surface area (Å²) in [5.41, 5.74) is 2.89. The molecule has 1 aromatic rings. The van der Waals surface area contributed by atoms with Crippen LogP contribution in [0.15, 0.2) is 24.3 Å². The van der Waals surface area contributed by atoms with Gasteiger partial charge in [-0.1, -0.05) is 37.1 Å². The first-order chi connectivity index (χ1) is 10.0. The van der Waals surface area contributed by atoms with Crippen LogP contribution in [0, 0.1) is 5.92 Å². The van der Waals surface area contributed by atoms with Gasteiger partial charge in [-0.15, -0.1) is 0 Å². The molecular formula is C19H31NO. The molecule has 0 unspecified atom stereocenters. The average molecular weight is 289 g/mol. The van der Waals surface area contributed by atoms with E-state index in [0.29, 0.717) is 0 Å². The van der Waals surface area contributed by atoms with Crippen molar-refractivity contribution in [3.63, 3.8) is 0 Å². The van der Waals surface area contributed by atoms with Gasteiger partial charge in [-0.25, -0.2) is 0 Å². The number of ether oxygens (including phenoxy) is 1. The first kappa shape index (κ1) is 16.5. The first-order valence-corrected chi connectivity index (χ1v) is 8.43. The van der Waals surface area contributed by atoms with Gasteiger partial charge in [0.25, 0.3) is 0 Å². The quantitative estimate of drug-likeness (QED) is 0.807. The maximum Gasteiger partial charge on any atom is 0.0717 e. The van der Waals surface area contributed by atoms with Crippen LogP contribution in [0.1, 0.15) is 57.6 Å². The number of nitrogens with one attached hydrogen (secondary N) is 1. The molecule has 0 saturated heterocycles. The van der Waals surface area contributed by atoms with Crippen LogP contribution >= 0.6 is 0 Å². The standard InChI is InChI=1S/C19H31NO/c1-19(2,3)20-13-12-16-8-10-18(11-9-16)15-21-14-17-6-4-5-7-17/h8-11,17,20H,4-7,12-15H2,1-3H3. The number of rotatable bonds is 7. The molecule has 1 aromatic carbocycles. The molecule has 21 heavy (non-hydrogen) atoms. The van der Waals surface area contributed by atoms with Crippen LogP contribution < -0.4 is 5.32 Å². The van der Waals surface area contributed by atoms with E-state index in [1.54, 1.807) is 0 Å². The highest BCUT2D eigenvalue weighted by Crippen LogP contribution is 2.25. The Morgan fingerprint density at radius 3 is 2.29 bits per heavy atom. The molecule has 0 bridgehead atoms. The van der Waals surface area contributed by atoms with Crippen LogP contribution in [0.25, 0.3) is 0 Å². The van der Waals surface area contributed by atoms with Crippen molar-refractivity contribution in [2.45, 2.75) is 65.0 Å². The maximum atomic E-state index is 5.86. The highest BCUT2D eigenvalue weighted by Gasteiger charge is 2.14. The van der Waals surface area contributed by atoms with Crippen molar-refractivity contribution in [1.82, 2.24) is 5.32 Å². The lowest BCUT2D eigenvalue weighted by molar-refractivity contribution is 0.0889. The molecule has 1 fully saturated rings. The van der Waals surface area contributed by atoms with Gasteiger partial charge in [0.05, 0.1) is 6.61 Å². The third kappa shape index (κ3) is 6.62. The summed E-state index contributed by atoms with van der Waals surface area (Å²) < 4.78 is 5.86. The van der Waals surface area contributed by atoms with Gasteiger partial charge < -0.3 is 10.1 Å². The lowest BCUT2D eigenvalue weighted by atomic mass is 10.1. The van der Waals surface area contributed by atoms with E-state index >= 15 is 0 Å². The Labute approximate surface area is 130 Å². The Kier molecular flexibility index (Phi) is 6.25. The van der Waals surface area contributed by atoms with E-state index in [2.05, 4.69) is 50.4 Å². The molecule has 0 aromatic heterocycles. The van der Waals surface area contributed by atoms with Gasteiger partial charge >= 0.3 is 0 Å². The van der Waals surface area contributed by atoms with Crippen molar-refractivity contribution in [2.24, 2.45) is 5.92 Å². The number of benzene rings is 1. The minimum Gasteiger partial charge on any atom is -0.376 e. The van der Waals surface area contributed by atoms with Gasteiger partial charge in [0, 0.05) is 12.1 Å². The lowest BCUT2D eigenvalue weighted by Gasteiger charge is -2.20. The highest BCUT2D eigenvalue weighted by molar-refractivity contribution is 5.22. The van der Waals surface area contributed by atoms with Gasteiger partial charge in [0.1, 0.15) is 0 Å². The lowest BCUT2D eigenvalue weighted by Crippen LogP contribution is -2.37. The Bertz CT molecular complexity index is 399. The van der Waals surface area contributed by atoms with E-state index in [1.165, 1.54) is 36.8 Å². The molecule has 118 valence electrons. The fourth-order valence-electron chi connectivity index (χ4n) is 2.90. The van der Waals surface area contributed by atoms with E-state index in [1.807, 2.05) is 0 Å². The monoisotopic (exact) mass is 289 g/mol. The second kappa shape index (κ2) is 7.95. The Morgan fingerprint density at radius 1 is 1.05 bits per heavy atom. The fraction of sp³-hybridized carbons (Fsp3) is 0.684. The van der Waals surface area contributed by atoms with E-state index in [4.69, 9.17) is 4.74 Å². The molecule has 0 aliphatic heterocycles. The van der Waals surface area contributed by atoms with E-state index < -0.39 is 0 Å². The minimum absolute atomic E-state index is 0.202. The van der Waals surface area contributed by atoms with Crippen LogP contribution in [-0.4, -0.2) is 18.7 Å². The molecule has 2 heteroatoms. The van der Waals surface area contributed by atoms with Crippen LogP contribution in [0.3, 0.4) is 0 Å². The molecule has 0 heterocycles. The van der Waals surface area contributed by atoms with Crippen molar-refractivity contribution < 1.29 is 4.74 Å². The molecule has 1 saturated carbocycles. The van der Waals surface area contributed by atoms with Gasteiger partial charge in [-0.05, 0) is 63.6 Å². The summed E-state index contributed by atoms with van der Waals surface area (Å²) in [4.78, 5) is 0. The van der Waals surface area contributed by atoms with Gasteiger partial charge in [-0.2, -0.15) is 0 Å². The van der Waals surface area contributed by atoms with Crippen molar-refractivity contribution in [2.75, 3.05) is 13.2 Å². The minimum atomic E-state index is 0.202. The zero-order chi connectivity index (χ0) is 15.1. The zero-order valence-electron chi connectivity index (χ0n) is 14.0. The average Bonchev–Trinajstić information content (AvgIpc) is 2.92. The summed E-state index contributed by atoms with van der Waals surface area (Å²) in [5.74, 6) is 0.813. The summed E-state index contributed by atoms with van der Waals surface area (Å²) in [7, 11) is 0. The van der Waals surface area contributed by atoms with Crippen molar-refractivity contribution in [3.05, 3.63) is 35.4 Å². The number of hydrogen-bond donors (Lipinski definition) is 1. The predicted molar refractivity (Wildman–Crippen MR) is 89.5 cm³/mol. The first-order valence-electron chi connectivity index (χ1n) is 8.43. The summed E-state index contributed by atoms with van der Waals surface area (Å²) in [5, 5.41) is 3.53. The molecule has 0 spiro atoms. The van der Waals surface area contributed by atoms with Crippen LogP contribution in [0.2, 0.25) is 0 Å². The smallest absolute Gasteiger partial charge is 0.0717 e.